The van der Waals surface area contributed by atoms with Gasteiger partial charge in [0.15, 0.2) is 0 Å². The Bertz CT molecular complexity index is 541. The van der Waals surface area contributed by atoms with Crippen LogP contribution in [0.3, 0.4) is 0 Å². The molecular weight excluding hydrogens is 364 g/mol. The first kappa shape index (κ1) is 13.3. The van der Waals surface area contributed by atoms with Gasteiger partial charge in [0.05, 0.1) is 0 Å². The maximum atomic E-state index is 13.5. The van der Waals surface area contributed by atoms with Crippen molar-refractivity contribution in [1.82, 2.24) is 0 Å². The molecule has 0 bridgehead atoms. The van der Waals surface area contributed by atoms with Crippen molar-refractivity contribution in [3.05, 3.63) is 45.8 Å². The van der Waals surface area contributed by atoms with Crippen LogP contribution in [0.25, 0.3) is 11.1 Å². The van der Waals surface area contributed by atoms with E-state index in [2.05, 4.69) is 47.3 Å². The third kappa shape index (κ3) is 2.99. The molecule has 0 saturated heterocycles. The Morgan fingerprint density at radius 1 is 0.941 bits per heavy atom. The lowest BCUT2D eigenvalue weighted by Gasteiger charge is -2.07. The number of benzene rings is 2. The van der Waals surface area contributed by atoms with Crippen molar-refractivity contribution in [2.24, 2.45) is 0 Å². The third-order valence-electron chi connectivity index (χ3n) is 2.46. The van der Waals surface area contributed by atoms with Gasteiger partial charge in [-0.2, -0.15) is 0 Å². The molecule has 4 heteroatoms. The fourth-order valence-corrected chi connectivity index (χ4v) is 3.30. The molecule has 0 spiro atoms. The van der Waals surface area contributed by atoms with Crippen LogP contribution in [-0.2, 0) is 0 Å². The molecule has 0 amide bonds. The minimum atomic E-state index is -0.177. The van der Waals surface area contributed by atoms with E-state index in [1.807, 2.05) is 12.1 Å². The van der Waals surface area contributed by atoms with Crippen molar-refractivity contribution in [2.45, 2.75) is 0 Å². The van der Waals surface area contributed by atoms with E-state index in [0.717, 1.165) is 11.1 Å². The molecule has 17 heavy (non-hydrogen) atoms. The van der Waals surface area contributed by atoms with Crippen LogP contribution in [0.4, 0.5) is 4.39 Å². The van der Waals surface area contributed by atoms with E-state index in [4.69, 9.17) is 0 Å². The van der Waals surface area contributed by atoms with Crippen LogP contribution in [-0.4, -0.2) is 4.51 Å². The molecule has 0 saturated carbocycles. The Kier molecular flexibility index (Phi) is 4.41. The van der Waals surface area contributed by atoms with E-state index >= 15 is 0 Å². The molecular formula is C13H12FIP2. The third-order valence-corrected chi connectivity index (χ3v) is 4.90. The molecule has 2 unspecified atom stereocenters. The number of hydrogen-bond donors (Lipinski definition) is 0. The van der Waals surface area contributed by atoms with Gasteiger partial charge >= 0.3 is 0 Å². The van der Waals surface area contributed by atoms with Crippen LogP contribution in [0.15, 0.2) is 36.4 Å². The Morgan fingerprint density at radius 3 is 1.94 bits per heavy atom. The van der Waals surface area contributed by atoms with E-state index in [1.165, 1.54) is 3.57 Å². The second kappa shape index (κ2) is 5.65. The van der Waals surface area contributed by atoms with Gasteiger partial charge in [0, 0.05) is 14.2 Å². The number of hydrogen-bond acceptors (Lipinski definition) is 0. The monoisotopic (exact) mass is 376 g/mol. The molecule has 2 atom stereocenters. The molecule has 0 aliphatic heterocycles. The molecule has 0 nitrogen and oxygen atoms in total. The lowest BCUT2D eigenvalue weighted by Crippen LogP contribution is -2.10. The van der Waals surface area contributed by atoms with Gasteiger partial charge in [-0.3, -0.25) is 0 Å². The van der Waals surface area contributed by atoms with Crippen LogP contribution in [0.5, 0.6) is 0 Å². The van der Waals surface area contributed by atoms with Crippen LogP contribution in [0, 0.1) is 9.39 Å². The van der Waals surface area contributed by atoms with Gasteiger partial charge in [0.25, 0.3) is 0 Å². The van der Waals surface area contributed by atoms with E-state index in [-0.39, 0.29) is 26.5 Å². The lowest BCUT2D eigenvalue weighted by atomic mass is 10.1. The largest absolute Gasteiger partial charge is 0.206 e. The van der Waals surface area contributed by atoms with E-state index in [0.29, 0.717) is 10.6 Å². The van der Waals surface area contributed by atoms with Crippen LogP contribution >= 0.6 is 39.2 Å². The first-order chi connectivity index (χ1) is 8.11. The zero-order chi connectivity index (χ0) is 12.4. The topological polar surface area (TPSA) is 0 Å². The zero-order valence-corrected chi connectivity index (χ0v) is 13.5. The molecule has 0 N–H and O–H groups in total. The highest BCUT2D eigenvalue weighted by Crippen LogP contribution is 2.21. The van der Waals surface area contributed by atoms with E-state index in [1.54, 1.807) is 0 Å². The van der Waals surface area contributed by atoms with Crippen LogP contribution in [0.1, 0.15) is 0 Å². The molecule has 0 radical (unpaired) electrons. The fraction of sp³-hybridized carbons (Fsp3) is 0. The van der Waals surface area contributed by atoms with E-state index in [9.17, 15) is 4.39 Å². The molecule has 2 aromatic carbocycles. The molecule has 88 valence electrons. The van der Waals surface area contributed by atoms with Gasteiger partial charge in [0.2, 0.25) is 0 Å². The highest BCUT2D eigenvalue weighted by atomic mass is 127. The maximum Gasteiger partial charge on any atom is 0.137 e. The van der Waals surface area contributed by atoms with Crippen molar-refractivity contribution in [3.63, 3.8) is 0 Å². The maximum absolute atomic E-state index is 13.5. The number of halogens is 2. The predicted octanol–water partition coefficient (Wildman–Crippen LogP) is 3.07. The SMILES string of the molecule is C=Ic1ccc(-c2cc(P)c(F)c(P)c2)cc1. The summed E-state index contributed by atoms with van der Waals surface area (Å²) in [7, 11) is 4.86. The highest BCUT2D eigenvalue weighted by Gasteiger charge is 2.06. The van der Waals surface area contributed by atoms with Gasteiger partial charge in [-0.15, -0.1) is 18.5 Å². The second-order valence-electron chi connectivity index (χ2n) is 3.61. The molecule has 0 aromatic heterocycles. The Labute approximate surface area is 115 Å². The zero-order valence-electron chi connectivity index (χ0n) is 9.08. The van der Waals surface area contributed by atoms with Gasteiger partial charge in [0.1, 0.15) is 5.82 Å². The van der Waals surface area contributed by atoms with Crippen LogP contribution in [0.2, 0.25) is 0 Å². The molecule has 0 aliphatic rings. The Balaban J connectivity index is 2.49. The fourth-order valence-electron chi connectivity index (χ4n) is 1.57. The summed E-state index contributed by atoms with van der Waals surface area (Å²) in [5, 5.41) is 1.20. The van der Waals surface area contributed by atoms with Crippen molar-refractivity contribution in [1.29, 1.82) is 0 Å². The molecule has 0 heterocycles. The van der Waals surface area contributed by atoms with Gasteiger partial charge in [-0.25, -0.2) is 4.39 Å². The Hall–Kier alpha value is -0.170. The van der Waals surface area contributed by atoms with Crippen molar-refractivity contribution in [3.8, 4) is 11.1 Å². The predicted molar refractivity (Wildman–Crippen MR) is 90.4 cm³/mol. The average Bonchev–Trinajstić information content (AvgIpc) is 2.35. The minimum absolute atomic E-state index is 0.110. The summed E-state index contributed by atoms with van der Waals surface area (Å²) in [5.41, 5.74) is 2.15. The standard InChI is InChI=1S/C13H12FIP2/c1-15-10-4-2-8(3-5-10)9-6-11(16)13(14)12(17)7-9/h2-7H,1,16-17H2. The van der Waals surface area contributed by atoms with Crippen molar-refractivity contribution < 1.29 is 4.39 Å². The summed E-state index contributed by atoms with van der Waals surface area (Å²) in [6.45, 7) is 0. The van der Waals surface area contributed by atoms with E-state index < -0.39 is 0 Å². The normalized spacial score (nSPS) is 10.5. The summed E-state index contributed by atoms with van der Waals surface area (Å²) in [6, 6.07) is 12.0. The van der Waals surface area contributed by atoms with Gasteiger partial charge in [-0.1, -0.05) is 37.4 Å². The van der Waals surface area contributed by atoms with Crippen LogP contribution < -0.4 is 10.6 Å². The summed E-state index contributed by atoms with van der Waals surface area (Å²) >= 11 is -0.110. The Morgan fingerprint density at radius 2 is 1.47 bits per heavy atom. The second-order valence-corrected chi connectivity index (χ2v) is 6.86. The first-order valence-electron chi connectivity index (χ1n) is 4.95. The van der Waals surface area contributed by atoms with Crippen molar-refractivity contribution in [2.75, 3.05) is 0 Å². The molecule has 2 aromatic rings. The minimum Gasteiger partial charge on any atom is -0.206 e. The highest BCUT2D eigenvalue weighted by molar-refractivity contribution is 14.2. The quantitative estimate of drug-likeness (QED) is 0.559. The first-order valence-corrected chi connectivity index (χ1v) is 8.71. The van der Waals surface area contributed by atoms with Gasteiger partial charge in [-0.05, 0) is 35.4 Å². The summed E-state index contributed by atoms with van der Waals surface area (Å²) < 4.78 is 18.8. The molecule has 0 aliphatic carbocycles. The summed E-state index contributed by atoms with van der Waals surface area (Å²) in [6.07, 6.45) is 0. The smallest absolute Gasteiger partial charge is 0.137 e. The average molecular weight is 376 g/mol. The lowest BCUT2D eigenvalue weighted by molar-refractivity contribution is 0.645. The van der Waals surface area contributed by atoms with Gasteiger partial charge < -0.3 is 0 Å². The summed E-state index contributed by atoms with van der Waals surface area (Å²) in [5.74, 6) is -0.177. The summed E-state index contributed by atoms with van der Waals surface area (Å²) in [4.78, 5) is 0. The van der Waals surface area contributed by atoms with Crippen molar-refractivity contribution >= 4 is 54.3 Å². The number of rotatable bonds is 2. The molecule has 2 rings (SSSR count). The molecule has 0 fully saturated rings.